The van der Waals surface area contributed by atoms with Crippen molar-refractivity contribution in [1.82, 2.24) is 39.4 Å². The van der Waals surface area contributed by atoms with E-state index in [2.05, 4.69) is 49.3 Å². The topological polar surface area (TPSA) is 512 Å². The fourth-order valence-corrected chi connectivity index (χ4v) is 12.1. The molecule has 0 bridgehead atoms. The monoisotopic (exact) mass is 1270 g/mol. The Balaban J connectivity index is 0.000000251. The first-order chi connectivity index (χ1) is 41.7. The Morgan fingerprint density at radius 3 is 1.26 bits per heavy atom. The molecule has 6 aromatic rings. The van der Waals surface area contributed by atoms with Crippen LogP contribution in [0.4, 0.5) is 11.6 Å². The van der Waals surface area contributed by atoms with Gasteiger partial charge in [0.05, 0.1) is 39.8 Å². The molecule has 0 radical (unpaired) electrons. The Morgan fingerprint density at radius 1 is 0.602 bits per heavy atom. The van der Waals surface area contributed by atoms with Gasteiger partial charge in [0, 0.05) is 0 Å². The van der Waals surface area contributed by atoms with Crippen LogP contribution in [0, 0.1) is 22.7 Å². The number of hydrogen-bond donors (Lipinski definition) is 10. The summed E-state index contributed by atoms with van der Waals surface area (Å²) in [5, 5.41) is 76.9. The Kier molecular flexibility index (Phi) is 21.6. The molecule has 2 aromatic carbocycles. The molecule has 2 saturated heterocycles. The van der Waals surface area contributed by atoms with Crippen molar-refractivity contribution in [1.29, 1.82) is 10.5 Å². The van der Waals surface area contributed by atoms with Crippen molar-refractivity contribution in [2.75, 3.05) is 53.1 Å². The predicted octanol–water partition coefficient (Wildman–Crippen LogP) is -0.471. The Hall–Kier alpha value is -8.28. The third kappa shape index (κ3) is 14.8. The zero-order valence-corrected chi connectivity index (χ0v) is 49.6. The van der Waals surface area contributed by atoms with E-state index in [9.17, 15) is 59.3 Å². The Labute approximate surface area is 500 Å². The zero-order valence-electron chi connectivity index (χ0n) is 47.8. The number of nitriles is 2. The summed E-state index contributed by atoms with van der Waals surface area (Å²) in [7, 11) is -4.35. The van der Waals surface area contributed by atoms with E-state index in [4.69, 9.17) is 50.5 Å². The van der Waals surface area contributed by atoms with Crippen LogP contribution in [0.15, 0.2) is 85.5 Å². The number of anilines is 2. The normalized spacial score (nSPS) is 24.2. The van der Waals surface area contributed by atoms with Gasteiger partial charge in [-0.3, -0.25) is 28.2 Å². The van der Waals surface area contributed by atoms with Crippen LogP contribution in [0.2, 0.25) is 0 Å². The molecule has 8 rings (SSSR count). The van der Waals surface area contributed by atoms with Gasteiger partial charge in [-0.05, 0) is 86.3 Å². The number of benzene rings is 2. The van der Waals surface area contributed by atoms with Crippen molar-refractivity contribution in [2.24, 2.45) is 11.5 Å². The van der Waals surface area contributed by atoms with Crippen LogP contribution in [-0.2, 0) is 78.6 Å². The summed E-state index contributed by atoms with van der Waals surface area (Å²) in [6, 6.07) is 17.5. The zero-order chi connectivity index (χ0) is 64.5. The van der Waals surface area contributed by atoms with Crippen molar-refractivity contribution < 1.29 is 95.3 Å². The number of hydrogen-bond acceptors (Lipinski definition) is 30. The van der Waals surface area contributed by atoms with Crippen LogP contribution in [-0.4, -0.2) is 175 Å². The first kappa shape index (κ1) is 67.2. The highest BCUT2D eigenvalue weighted by Crippen LogP contribution is 2.50. The molecule has 0 amide bonds. The molecule has 2 aliphatic heterocycles. The maximum absolute atomic E-state index is 13.9. The lowest BCUT2D eigenvalue weighted by molar-refractivity contribution is -0.143. The highest BCUT2D eigenvalue weighted by Gasteiger charge is 2.59. The standard InChI is InChI=1S/2C26H32N7O10P/c2*1-14(24(36)39-2)32-44(38,43-16-6-4-15(5-7-16)10-17(28)25(37)40-3)41-12-26(11-27)22(35)20(34)21(42-26)18-8-9-19-23(29)30-13-31-33(18)19/h2*4-9,13-14,17,20-22,34-35H,10,12,28H2,1-3H3,(H,32,38)(H2,29,30,31)/t14-,17-,20-,21-,22-,26+,44+;14-,17-,20-,21-,22-,26+,44-/m00/s1. The van der Waals surface area contributed by atoms with Gasteiger partial charge in [0.1, 0.15) is 121 Å². The minimum absolute atomic E-state index is 0.0158. The fraction of sp³-hybridized carbons (Fsp3) is 0.423. The molecule has 0 saturated carbocycles. The molecule has 472 valence electrons. The fourth-order valence-electron chi connectivity index (χ4n) is 9.05. The molecule has 2 fully saturated rings. The van der Waals surface area contributed by atoms with E-state index in [-0.39, 0.29) is 47.4 Å². The number of aliphatic hydroxyl groups excluding tert-OH is 4. The number of rotatable bonds is 24. The number of carbonyl (C=O) groups excluding carboxylic acids is 4. The third-order valence-electron chi connectivity index (χ3n) is 13.8. The van der Waals surface area contributed by atoms with Gasteiger partial charge in [-0.1, -0.05) is 24.3 Å². The number of nitrogens with zero attached hydrogens (tertiary/aromatic N) is 8. The predicted molar refractivity (Wildman–Crippen MR) is 301 cm³/mol. The molecule has 0 spiro atoms. The Morgan fingerprint density at radius 2 is 0.943 bits per heavy atom. The number of esters is 4. The number of aromatic nitrogens is 6. The van der Waals surface area contributed by atoms with Crippen LogP contribution in [0.1, 0.15) is 48.6 Å². The van der Waals surface area contributed by atoms with E-state index in [0.717, 1.165) is 14.2 Å². The van der Waals surface area contributed by atoms with E-state index in [0.29, 0.717) is 22.2 Å². The first-order valence-corrected chi connectivity index (χ1v) is 29.3. The van der Waals surface area contributed by atoms with Gasteiger partial charge in [0.2, 0.25) is 11.2 Å². The first-order valence-electron chi connectivity index (χ1n) is 26.2. The van der Waals surface area contributed by atoms with Crippen molar-refractivity contribution >= 4 is 62.0 Å². The average Bonchev–Trinajstić information content (AvgIpc) is 1.69. The maximum atomic E-state index is 13.9. The summed E-state index contributed by atoms with van der Waals surface area (Å²) < 4.78 is 83.3. The van der Waals surface area contributed by atoms with Gasteiger partial charge < -0.3 is 80.8 Å². The van der Waals surface area contributed by atoms with Crippen molar-refractivity contribution in [3.05, 3.63) is 108 Å². The molecule has 34 nitrogen and oxygen atoms in total. The van der Waals surface area contributed by atoms with Gasteiger partial charge in [-0.2, -0.15) is 30.9 Å². The van der Waals surface area contributed by atoms with E-state index in [1.807, 2.05) is 0 Å². The molecule has 14 atom stereocenters. The van der Waals surface area contributed by atoms with Crippen LogP contribution < -0.4 is 42.2 Å². The second-order valence-electron chi connectivity index (χ2n) is 19.8. The molecule has 0 aliphatic carbocycles. The summed E-state index contributed by atoms with van der Waals surface area (Å²) in [6.45, 7) is 0.939. The number of carbonyl (C=O) groups is 4. The van der Waals surface area contributed by atoms with Crippen LogP contribution in [0.25, 0.3) is 11.0 Å². The van der Waals surface area contributed by atoms with Crippen LogP contribution >= 0.6 is 15.5 Å². The van der Waals surface area contributed by atoms with Gasteiger partial charge in [-0.15, -0.1) is 0 Å². The lowest BCUT2D eigenvalue weighted by Crippen LogP contribution is -2.46. The number of ether oxygens (including phenoxy) is 6. The maximum Gasteiger partial charge on any atom is 0.459 e. The molecule has 2 aliphatic rings. The molecule has 88 heavy (non-hydrogen) atoms. The van der Waals surface area contributed by atoms with Gasteiger partial charge >= 0.3 is 39.4 Å². The molecule has 14 N–H and O–H groups in total. The van der Waals surface area contributed by atoms with E-state index in [1.54, 1.807) is 48.5 Å². The second kappa shape index (κ2) is 28.3. The van der Waals surface area contributed by atoms with E-state index >= 15 is 0 Å². The number of nitrogen functional groups attached to an aromatic ring is 2. The highest BCUT2D eigenvalue weighted by molar-refractivity contribution is 7.52. The van der Waals surface area contributed by atoms with Gasteiger partial charge in [0.15, 0.2) is 11.6 Å². The number of methoxy groups -OCH3 is 4. The molecule has 4 aromatic heterocycles. The average molecular weight is 1270 g/mol. The molecule has 0 unspecified atom stereocenters. The lowest BCUT2D eigenvalue weighted by Gasteiger charge is -2.28. The van der Waals surface area contributed by atoms with Crippen LogP contribution in [0.5, 0.6) is 11.5 Å². The molecule has 36 heteroatoms. The SMILES string of the molecule is COC(=O)[C@H](C)N[P@@](=O)(OC[C@@]1(C#N)O[C@@H](c2ccc3c(N)ncnn23)[C@H](O)[C@@H]1O)Oc1ccc(C[C@H](N)C(=O)OC)cc1.COC(=O)[C@H](C)N[P@](=O)(OC[C@@]1(C#N)O[C@@H](c2ccc3c(N)ncnn23)[C@H](O)[C@@H]1O)Oc1ccc(C[C@H](N)C(=O)OC)cc1. The Bertz CT molecular complexity index is 3430. The van der Waals surface area contributed by atoms with Crippen molar-refractivity contribution in [3.8, 4) is 23.6 Å². The van der Waals surface area contributed by atoms with E-state index in [1.165, 1.54) is 86.2 Å². The summed E-state index contributed by atoms with van der Waals surface area (Å²) in [5.74, 6) is -2.45. The largest absolute Gasteiger partial charge is 0.468 e. The number of nitrogens with two attached hydrogens (primary N) is 4. The summed E-state index contributed by atoms with van der Waals surface area (Å²) >= 11 is 0. The summed E-state index contributed by atoms with van der Waals surface area (Å²) in [4.78, 5) is 55.3. The smallest absolute Gasteiger partial charge is 0.459 e. The minimum Gasteiger partial charge on any atom is -0.468 e. The molecular weight excluding hydrogens is 1200 g/mol. The molecule has 6 heterocycles. The summed E-state index contributed by atoms with van der Waals surface area (Å²) in [6.07, 6.45) is -6.85. The number of fused-ring (bicyclic) bond motifs is 2. The van der Waals surface area contributed by atoms with Gasteiger partial charge in [-0.25, -0.2) is 28.1 Å². The van der Waals surface area contributed by atoms with Gasteiger partial charge in [0.25, 0.3) is 0 Å². The highest BCUT2D eigenvalue weighted by atomic mass is 31.2. The molecular formula is C52H64N14O20P2. The second-order valence-corrected chi connectivity index (χ2v) is 23.2. The van der Waals surface area contributed by atoms with Crippen LogP contribution in [0.3, 0.4) is 0 Å². The quantitative estimate of drug-likeness (QED) is 0.0208. The lowest BCUT2D eigenvalue weighted by atomic mass is 9.96. The van der Waals surface area contributed by atoms with E-state index < -0.39 is 125 Å². The minimum atomic E-state index is -4.52. The van der Waals surface area contributed by atoms with Crippen molar-refractivity contribution in [3.63, 3.8) is 0 Å². The summed E-state index contributed by atoms with van der Waals surface area (Å²) in [5.41, 5.74) is 21.5. The number of aliphatic hydroxyl groups is 4. The number of nitrogens with one attached hydrogen (secondary N) is 2. The third-order valence-corrected chi connectivity index (χ3v) is 17.1. The van der Waals surface area contributed by atoms with Crippen molar-refractivity contribution in [2.45, 2.75) is 98.7 Å².